The van der Waals surface area contributed by atoms with Gasteiger partial charge in [0.25, 0.3) is 0 Å². The zero-order valence-electron chi connectivity index (χ0n) is 6.70. The molecule has 1 atom stereocenters. The fourth-order valence-electron chi connectivity index (χ4n) is 0.827. The van der Waals surface area contributed by atoms with E-state index in [2.05, 4.69) is 12.1 Å². The van der Waals surface area contributed by atoms with Crippen molar-refractivity contribution in [3.05, 3.63) is 42.0 Å². The van der Waals surface area contributed by atoms with E-state index >= 15 is 0 Å². The van der Waals surface area contributed by atoms with Crippen molar-refractivity contribution in [3.8, 4) is 0 Å². The van der Waals surface area contributed by atoms with Crippen molar-refractivity contribution in [1.82, 2.24) is 0 Å². The van der Waals surface area contributed by atoms with Gasteiger partial charge in [-0.05, 0) is 12.5 Å². The maximum absolute atomic E-state index is 5.55. The first-order valence-corrected chi connectivity index (χ1v) is 3.78. The molecule has 0 heterocycles. The van der Waals surface area contributed by atoms with Crippen LogP contribution in [0.2, 0.25) is 0 Å². The van der Waals surface area contributed by atoms with Gasteiger partial charge in [0, 0.05) is 6.04 Å². The predicted octanol–water partition coefficient (Wildman–Crippen LogP) is 2.05. The molecule has 1 unspecified atom stereocenters. The standard InChI is InChI=1S/C10H13N/c1-9(11)7-8-10-5-3-2-4-6-10/h2-9H,11H2,1H3/b8-7+. The van der Waals surface area contributed by atoms with Crippen LogP contribution in [0.3, 0.4) is 0 Å². The Morgan fingerprint density at radius 2 is 1.91 bits per heavy atom. The number of benzene rings is 1. The number of hydrogen-bond acceptors (Lipinski definition) is 1. The minimum atomic E-state index is 0.134. The Morgan fingerprint density at radius 1 is 1.27 bits per heavy atom. The molecule has 0 aliphatic carbocycles. The second-order valence-electron chi connectivity index (χ2n) is 2.63. The molecule has 1 heteroatoms. The SMILES string of the molecule is CC(N)/C=C/c1ccccc1. The van der Waals surface area contributed by atoms with Crippen molar-refractivity contribution in [2.24, 2.45) is 5.73 Å². The maximum Gasteiger partial charge on any atom is 0.0198 e. The predicted molar refractivity (Wildman–Crippen MR) is 49.1 cm³/mol. The van der Waals surface area contributed by atoms with E-state index in [1.807, 2.05) is 37.3 Å². The molecule has 11 heavy (non-hydrogen) atoms. The lowest BCUT2D eigenvalue weighted by molar-refractivity contribution is 0.931. The molecule has 0 fully saturated rings. The zero-order chi connectivity index (χ0) is 8.10. The van der Waals surface area contributed by atoms with Gasteiger partial charge in [-0.1, -0.05) is 42.5 Å². The first-order valence-electron chi connectivity index (χ1n) is 3.78. The van der Waals surface area contributed by atoms with Gasteiger partial charge in [-0.15, -0.1) is 0 Å². The van der Waals surface area contributed by atoms with Crippen LogP contribution in [-0.2, 0) is 0 Å². The molecule has 0 aliphatic rings. The van der Waals surface area contributed by atoms with Crippen LogP contribution in [-0.4, -0.2) is 6.04 Å². The summed E-state index contributed by atoms with van der Waals surface area (Å²) in [6, 6.07) is 10.3. The van der Waals surface area contributed by atoms with Crippen LogP contribution in [0.5, 0.6) is 0 Å². The summed E-state index contributed by atoms with van der Waals surface area (Å²) in [6.45, 7) is 1.96. The third-order valence-electron chi connectivity index (χ3n) is 1.39. The van der Waals surface area contributed by atoms with Crippen molar-refractivity contribution >= 4 is 6.08 Å². The first kappa shape index (κ1) is 8.02. The van der Waals surface area contributed by atoms with Crippen LogP contribution < -0.4 is 5.73 Å². The van der Waals surface area contributed by atoms with Gasteiger partial charge in [0.1, 0.15) is 0 Å². The average Bonchev–Trinajstić information content (AvgIpc) is 2.03. The zero-order valence-corrected chi connectivity index (χ0v) is 6.70. The summed E-state index contributed by atoms with van der Waals surface area (Å²) < 4.78 is 0. The van der Waals surface area contributed by atoms with Crippen molar-refractivity contribution in [3.63, 3.8) is 0 Å². The summed E-state index contributed by atoms with van der Waals surface area (Å²) in [5.74, 6) is 0. The molecule has 1 aromatic carbocycles. The molecule has 0 spiro atoms. The highest BCUT2D eigenvalue weighted by Gasteiger charge is 1.84. The summed E-state index contributed by atoms with van der Waals surface area (Å²) in [5, 5.41) is 0. The lowest BCUT2D eigenvalue weighted by Gasteiger charge is -1.94. The smallest absolute Gasteiger partial charge is 0.0198 e. The molecule has 1 aromatic rings. The summed E-state index contributed by atoms with van der Waals surface area (Å²) in [6.07, 6.45) is 4.01. The molecule has 0 amide bonds. The topological polar surface area (TPSA) is 26.0 Å². The van der Waals surface area contributed by atoms with Gasteiger partial charge in [-0.3, -0.25) is 0 Å². The van der Waals surface area contributed by atoms with Crippen LogP contribution in [0, 0.1) is 0 Å². The number of nitrogens with two attached hydrogens (primary N) is 1. The highest BCUT2D eigenvalue weighted by molar-refractivity contribution is 5.49. The monoisotopic (exact) mass is 147 g/mol. The van der Waals surface area contributed by atoms with E-state index in [0.29, 0.717) is 0 Å². The molecule has 0 bridgehead atoms. The Hall–Kier alpha value is -1.08. The van der Waals surface area contributed by atoms with E-state index in [-0.39, 0.29) is 6.04 Å². The summed E-state index contributed by atoms with van der Waals surface area (Å²) in [5.41, 5.74) is 6.75. The maximum atomic E-state index is 5.55. The molecule has 1 rings (SSSR count). The van der Waals surface area contributed by atoms with Gasteiger partial charge < -0.3 is 5.73 Å². The molecule has 58 valence electrons. The van der Waals surface area contributed by atoms with Crippen LogP contribution in [0.25, 0.3) is 6.08 Å². The normalized spacial score (nSPS) is 13.6. The molecule has 0 aromatic heterocycles. The molecule has 0 saturated heterocycles. The Labute approximate surface area is 67.5 Å². The van der Waals surface area contributed by atoms with Crippen LogP contribution in [0.1, 0.15) is 12.5 Å². The van der Waals surface area contributed by atoms with E-state index < -0.39 is 0 Å². The van der Waals surface area contributed by atoms with Crippen LogP contribution in [0.4, 0.5) is 0 Å². The number of rotatable bonds is 2. The summed E-state index contributed by atoms with van der Waals surface area (Å²) in [4.78, 5) is 0. The molecule has 0 saturated carbocycles. The highest BCUT2D eigenvalue weighted by Crippen LogP contribution is 2.00. The van der Waals surface area contributed by atoms with Gasteiger partial charge in [-0.25, -0.2) is 0 Å². The average molecular weight is 147 g/mol. The van der Waals surface area contributed by atoms with Gasteiger partial charge in [0.2, 0.25) is 0 Å². The van der Waals surface area contributed by atoms with Crippen molar-refractivity contribution in [1.29, 1.82) is 0 Å². The number of hydrogen-bond donors (Lipinski definition) is 1. The van der Waals surface area contributed by atoms with E-state index in [0.717, 1.165) is 0 Å². The lowest BCUT2D eigenvalue weighted by Crippen LogP contribution is -2.09. The molecular formula is C10H13N. The molecule has 1 nitrogen and oxygen atoms in total. The second kappa shape index (κ2) is 3.94. The quantitative estimate of drug-likeness (QED) is 0.680. The Bertz CT molecular complexity index is 224. The van der Waals surface area contributed by atoms with Crippen molar-refractivity contribution in [2.45, 2.75) is 13.0 Å². The van der Waals surface area contributed by atoms with E-state index in [1.165, 1.54) is 5.56 Å². The molecule has 0 aliphatic heterocycles. The van der Waals surface area contributed by atoms with Gasteiger partial charge in [-0.2, -0.15) is 0 Å². The third kappa shape index (κ3) is 3.01. The van der Waals surface area contributed by atoms with E-state index in [4.69, 9.17) is 5.73 Å². The van der Waals surface area contributed by atoms with Crippen molar-refractivity contribution in [2.75, 3.05) is 0 Å². The lowest BCUT2D eigenvalue weighted by atomic mass is 10.2. The molecular weight excluding hydrogens is 134 g/mol. The Morgan fingerprint density at radius 3 is 2.45 bits per heavy atom. The largest absolute Gasteiger partial charge is 0.325 e. The summed E-state index contributed by atoms with van der Waals surface area (Å²) in [7, 11) is 0. The van der Waals surface area contributed by atoms with E-state index in [1.54, 1.807) is 0 Å². The minimum absolute atomic E-state index is 0.134. The van der Waals surface area contributed by atoms with E-state index in [9.17, 15) is 0 Å². The molecule has 2 N–H and O–H groups in total. The second-order valence-corrected chi connectivity index (χ2v) is 2.63. The fraction of sp³-hybridized carbons (Fsp3) is 0.200. The summed E-state index contributed by atoms with van der Waals surface area (Å²) >= 11 is 0. The minimum Gasteiger partial charge on any atom is -0.325 e. The van der Waals surface area contributed by atoms with Gasteiger partial charge in [0.05, 0.1) is 0 Å². The van der Waals surface area contributed by atoms with Gasteiger partial charge >= 0.3 is 0 Å². The van der Waals surface area contributed by atoms with Gasteiger partial charge in [0.15, 0.2) is 0 Å². The van der Waals surface area contributed by atoms with Crippen LogP contribution >= 0.6 is 0 Å². The fourth-order valence-corrected chi connectivity index (χ4v) is 0.827. The highest BCUT2D eigenvalue weighted by atomic mass is 14.6. The molecule has 0 radical (unpaired) electrons. The first-order chi connectivity index (χ1) is 5.29. The van der Waals surface area contributed by atoms with Crippen LogP contribution in [0.15, 0.2) is 36.4 Å². The Kier molecular flexibility index (Phi) is 2.87. The Balaban J connectivity index is 2.65. The third-order valence-corrected chi connectivity index (χ3v) is 1.39. The van der Waals surface area contributed by atoms with Crippen molar-refractivity contribution < 1.29 is 0 Å².